The molecule has 0 N–H and O–H groups in total. The largest absolute Gasteiger partial charge is 0.351 e. The second-order valence-electron chi connectivity index (χ2n) is 5.51. The number of pyridine rings is 1. The van der Waals surface area contributed by atoms with Crippen LogP contribution in [-0.2, 0) is 6.54 Å². The van der Waals surface area contributed by atoms with Crippen molar-refractivity contribution in [3.8, 4) is 11.1 Å². The van der Waals surface area contributed by atoms with Crippen molar-refractivity contribution in [3.63, 3.8) is 0 Å². The van der Waals surface area contributed by atoms with E-state index in [-0.39, 0.29) is 11.7 Å². The molecule has 0 saturated heterocycles. The fraction of sp³-hybridized carbons (Fsp3) is 0.235. The molecule has 0 spiro atoms. The zero-order valence-electron chi connectivity index (χ0n) is 13.7. The van der Waals surface area contributed by atoms with Crippen molar-refractivity contribution in [2.75, 3.05) is 7.05 Å². The maximum Gasteiger partial charge on any atom is 0.292 e. The molecule has 7 heteroatoms. The minimum Gasteiger partial charge on any atom is -0.351 e. The Hall–Kier alpha value is -3.09. The molecule has 0 bridgehead atoms. The molecule has 24 heavy (non-hydrogen) atoms. The molecule has 122 valence electrons. The Balaban J connectivity index is 1.89. The molecule has 0 saturated carbocycles. The monoisotopic (exact) mass is 323 g/mol. The van der Waals surface area contributed by atoms with Gasteiger partial charge in [0.1, 0.15) is 5.82 Å². The molecule has 0 atom stereocenters. The third kappa shape index (κ3) is 3.29. The summed E-state index contributed by atoms with van der Waals surface area (Å²) in [6, 6.07) is 5.39. The van der Waals surface area contributed by atoms with Gasteiger partial charge in [-0.05, 0) is 31.5 Å². The molecular formula is C17H17N5O2. The maximum absolute atomic E-state index is 12.4. The summed E-state index contributed by atoms with van der Waals surface area (Å²) < 4.78 is 5.04. The van der Waals surface area contributed by atoms with Gasteiger partial charge in [0, 0.05) is 37.3 Å². The first kappa shape index (κ1) is 15.8. The van der Waals surface area contributed by atoms with Crippen LogP contribution in [0, 0.1) is 13.8 Å². The van der Waals surface area contributed by atoms with Gasteiger partial charge in [-0.3, -0.25) is 9.78 Å². The van der Waals surface area contributed by atoms with Crippen LogP contribution in [-0.4, -0.2) is 38.0 Å². The normalized spacial score (nSPS) is 10.6. The fourth-order valence-electron chi connectivity index (χ4n) is 2.36. The predicted molar refractivity (Wildman–Crippen MR) is 87.0 cm³/mol. The van der Waals surface area contributed by atoms with E-state index < -0.39 is 0 Å². The summed E-state index contributed by atoms with van der Waals surface area (Å²) in [5.41, 5.74) is 3.26. The van der Waals surface area contributed by atoms with E-state index >= 15 is 0 Å². The molecule has 0 radical (unpaired) electrons. The molecular weight excluding hydrogens is 306 g/mol. The minimum atomic E-state index is -0.243. The molecule has 0 aromatic carbocycles. The topological polar surface area (TPSA) is 85.0 Å². The van der Waals surface area contributed by atoms with Gasteiger partial charge < -0.3 is 9.42 Å². The number of rotatable bonds is 4. The summed E-state index contributed by atoms with van der Waals surface area (Å²) >= 11 is 0. The van der Waals surface area contributed by atoms with Gasteiger partial charge in [-0.15, -0.1) is 0 Å². The summed E-state index contributed by atoms with van der Waals surface area (Å²) in [7, 11) is 1.70. The van der Waals surface area contributed by atoms with Crippen LogP contribution in [0.5, 0.6) is 0 Å². The third-order valence-corrected chi connectivity index (χ3v) is 3.55. The molecule has 0 aliphatic rings. The molecule has 0 aliphatic heterocycles. The molecule has 3 rings (SSSR count). The second kappa shape index (κ2) is 6.57. The first-order valence-corrected chi connectivity index (χ1v) is 7.46. The lowest BCUT2D eigenvalue weighted by Crippen LogP contribution is -2.26. The summed E-state index contributed by atoms with van der Waals surface area (Å²) in [4.78, 5) is 26.8. The van der Waals surface area contributed by atoms with Crippen LogP contribution >= 0.6 is 0 Å². The predicted octanol–water partition coefficient (Wildman–Crippen LogP) is 2.42. The molecule has 1 amide bonds. The highest BCUT2D eigenvalue weighted by Crippen LogP contribution is 2.22. The van der Waals surface area contributed by atoms with Crippen LogP contribution in [0.15, 0.2) is 41.3 Å². The van der Waals surface area contributed by atoms with E-state index in [1.807, 2.05) is 19.1 Å². The number of nitrogens with zero attached hydrogens (tertiary/aromatic N) is 5. The van der Waals surface area contributed by atoms with Crippen LogP contribution in [0.3, 0.4) is 0 Å². The van der Waals surface area contributed by atoms with E-state index in [1.165, 1.54) is 0 Å². The quantitative estimate of drug-likeness (QED) is 0.733. The van der Waals surface area contributed by atoms with Gasteiger partial charge in [0.25, 0.3) is 5.91 Å². The van der Waals surface area contributed by atoms with Gasteiger partial charge >= 0.3 is 0 Å². The lowest BCUT2D eigenvalue weighted by molar-refractivity contribution is 0.0742. The molecule has 0 aliphatic carbocycles. The Morgan fingerprint density at radius 3 is 2.67 bits per heavy atom. The SMILES string of the molecule is Cc1cc(C(=O)N(C)Cc2nc(C)ncc2-c2ccncc2)on1. The fourth-order valence-corrected chi connectivity index (χ4v) is 2.36. The van der Waals surface area contributed by atoms with Crippen molar-refractivity contribution in [1.82, 2.24) is 25.0 Å². The van der Waals surface area contributed by atoms with Crippen molar-refractivity contribution in [1.29, 1.82) is 0 Å². The molecule has 7 nitrogen and oxygen atoms in total. The minimum absolute atomic E-state index is 0.214. The van der Waals surface area contributed by atoms with Gasteiger partial charge in [0.05, 0.1) is 17.9 Å². The standard InChI is InChI=1S/C17H17N5O2/c1-11-8-16(24-21-11)17(23)22(3)10-15-14(9-19-12(2)20-15)13-4-6-18-7-5-13/h4-9H,10H2,1-3H3. The van der Waals surface area contributed by atoms with Gasteiger partial charge in [-0.1, -0.05) is 5.16 Å². The second-order valence-corrected chi connectivity index (χ2v) is 5.51. The van der Waals surface area contributed by atoms with E-state index in [4.69, 9.17) is 4.52 Å². The van der Waals surface area contributed by atoms with Crippen molar-refractivity contribution < 1.29 is 9.32 Å². The van der Waals surface area contributed by atoms with E-state index in [1.54, 1.807) is 43.5 Å². The lowest BCUT2D eigenvalue weighted by atomic mass is 10.1. The maximum atomic E-state index is 12.4. The van der Waals surface area contributed by atoms with Gasteiger partial charge in [0.15, 0.2) is 0 Å². The van der Waals surface area contributed by atoms with Crippen LogP contribution in [0.2, 0.25) is 0 Å². The van der Waals surface area contributed by atoms with Gasteiger partial charge in [-0.25, -0.2) is 9.97 Å². The average Bonchev–Trinajstić information content (AvgIpc) is 3.01. The Morgan fingerprint density at radius 2 is 2.00 bits per heavy atom. The Morgan fingerprint density at radius 1 is 1.25 bits per heavy atom. The zero-order valence-corrected chi connectivity index (χ0v) is 13.7. The molecule has 3 heterocycles. The summed E-state index contributed by atoms with van der Waals surface area (Å²) in [6.07, 6.45) is 5.19. The average molecular weight is 323 g/mol. The number of amides is 1. The van der Waals surface area contributed by atoms with E-state index in [9.17, 15) is 4.79 Å². The van der Waals surface area contributed by atoms with Crippen LogP contribution < -0.4 is 0 Å². The van der Waals surface area contributed by atoms with Crippen LogP contribution in [0.25, 0.3) is 11.1 Å². The highest BCUT2D eigenvalue weighted by atomic mass is 16.5. The number of carbonyl (C=O) groups is 1. The molecule has 0 unspecified atom stereocenters. The number of hydrogen-bond acceptors (Lipinski definition) is 6. The highest BCUT2D eigenvalue weighted by Gasteiger charge is 2.19. The van der Waals surface area contributed by atoms with Crippen molar-refractivity contribution >= 4 is 5.91 Å². The summed E-state index contributed by atoms with van der Waals surface area (Å²) in [5.74, 6) is 0.623. The molecule has 0 fully saturated rings. The van der Waals surface area contributed by atoms with Crippen molar-refractivity contribution in [2.45, 2.75) is 20.4 Å². The number of aromatic nitrogens is 4. The van der Waals surface area contributed by atoms with Crippen molar-refractivity contribution in [3.05, 3.63) is 59.8 Å². The van der Waals surface area contributed by atoms with E-state index in [2.05, 4.69) is 20.1 Å². The Bertz CT molecular complexity index is 860. The zero-order chi connectivity index (χ0) is 17.1. The number of carbonyl (C=O) groups excluding carboxylic acids is 1. The number of hydrogen-bond donors (Lipinski definition) is 0. The highest BCUT2D eigenvalue weighted by molar-refractivity contribution is 5.91. The molecule has 3 aromatic rings. The first-order valence-electron chi connectivity index (χ1n) is 7.46. The van der Waals surface area contributed by atoms with Crippen LogP contribution in [0.1, 0.15) is 27.8 Å². The third-order valence-electron chi connectivity index (χ3n) is 3.55. The van der Waals surface area contributed by atoms with Crippen LogP contribution in [0.4, 0.5) is 0 Å². The molecule has 3 aromatic heterocycles. The first-order chi connectivity index (χ1) is 11.5. The van der Waals surface area contributed by atoms with Gasteiger partial charge in [0.2, 0.25) is 5.76 Å². The lowest BCUT2D eigenvalue weighted by Gasteiger charge is -2.17. The van der Waals surface area contributed by atoms with Gasteiger partial charge in [-0.2, -0.15) is 0 Å². The number of aryl methyl sites for hydroxylation is 2. The van der Waals surface area contributed by atoms with Crippen molar-refractivity contribution in [2.24, 2.45) is 0 Å². The van der Waals surface area contributed by atoms with E-state index in [0.717, 1.165) is 16.8 Å². The Kier molecular flexibility index (Phi) is 4.33. The smallest absolute Gasteiger partial charge is 0.292 e. The summed E-state index contributed by atoms with van der Waals surface area (Å²) in [6.45, 7) is 3.93. The Labute approximate surface area is 139 Å². The summed E-state index contributed by atoms with van der Waals surface area (Å²) in [5, 5.41) is 3.75. The van der Waals surface area contributed by atoms with E-state index in [0.29, 0.717) is 18.1 Å².